The highest BCUT2D eigenvalue weighted by Gasteiger charge is 2.37. The molecule has 1 aromatic heterocycles. The maximum Gasteiger partial charge on any atom is 0.212 e. The third kappa shape index (κ3) is 2.50. The molecular formula is C23H26NOSi+. The molecule has 0 radical (unpaired) electrons. The predicted molar refractivity (Wildman–Crippen MR) is 111 cm³/mol. The molecule has 3 heteroatoms. The third-order valence-electron chi connectivity index (χ3n) is 5.53. The zero-order chi connectivity index (χ0) is 21.1. The maximum absolute atomic E-state index is 7.89. The minimum absolute atomic E-state index is 0.392. The Morgan fingerprint density at radius 2 is 1.69 bits per heavy atom. The Hall–Kier alpha value is -2.39. The molecule has 1 aliphatic rings. The lowest BCUT2D eigenvalue weighted by molar-refractivity contribution is -0.660. The predicted octanol–water partition coefficient (Wildman–Crippen LogP) is 4.03. The molecule has 4 rings (SSSR count). The second-order valence-corrected chi connectivity index (χ2v) is 12.1. The molecule has 0 saturated carbocycles. The van der Waals surface area contributed by atoms with Crippen molar-refractivity contribution in [2.45, 2.75) is 33.8 Å². The Balaban J connectivity index is 1.92. The Kier molecular flexibility index (Phi) is 3.08. The van der Waals surface area contributed by atoms with Gasteiger partial charge in [0.05, 0.1) is 5.56 Å². The van der Waals surface area contributed by atoms with Crippen molar-refractivity contribution in [3.05, 3.63) is 65.4 Å². The number of ether oxygens (including phenoxy) is 1. The lowest BCUT2D eigenvalue weighted by atomic mass is 10.0. The minimum Gasteiger partial charge on any atom is -0.458 e. The van der Waals surface area contributed by atoms with Gasteiger partial charge in [0.25, 0.3) is 0 Å². The summed E-state index contributed by atoms with van der Waals surface area (Å²) in [5.74, 6) is 1.82. The number of hydrogen-bond acceptors (Lipinski definition) is 1. The number of aryl methyl sites for hydroxylation is 4. The molecule has 26 heavy (non-hydrogen) atoms. The average Bonchev–Trinajstić information content (AvgIpc) is 2.62. The van der Waals surface area contributed by atoms with Crippen molar-refractivity contribution in [3.63, 3.8) is 0 Å². The number of fused-ring (bicyclic) bond motifs is 2. The fraction of sp³-hybridized carbons (Fsp3) is 0.261. The zero-order valence-electron chi connectivity index (χ0n) is 19.0. The monoisotopic (exact) mass is 363 g/mol. The van der Waals surface area contributed by atoms with Gasteiger partial charge in [-0.3, -0.25) is 0 Å². The molecule has 2 aromatic carbocycles. The highest BCUT2D eigenvalue weighted by atomic mass is 28.3. The van der Waals surface area contributed by atoms with Crippen LogP contribution >= 0.6 is 0 Å². The smallest absolute Gasteiger partial charge is 0.212 e. The van der Waals surface area contributed by atoms with E-state index in [1.54, 1.807) is 6.07 Å². The summed E-state index contributed by atoms with van der Waals surface area (Å²) in [5.41, 5.74) is 4.17. The molecule has 0 unspecified atom stereocenters. The van der Waals surface area contributed by atoms with Gasteiger partial charge in [-0.2, -0.15) is 0 Å². The SMILES string of the molecule is [2H]C([2H])([2H])c1cc(-c2cc3c(cc2C)[Si](C)(C)c2ccccc2O3)[n+](C)cc1C. The van der Waals surface area contributed by atoms with E-state index < -0.39 is 14.9 Å². The molecule has 0 bridgehead atoms. The van der Waals surface area contributed by atoms with Crippen LogP contribution in [0.3, 0.4) is 0 Å². The van der Waals surface area contributed by atoms with Crippen LogP contribution in [0.1, 0.15) is 20.8 Å². The van der Waals surface area contributed by atoms with Gasteiger partial charge in [-0.05, 0) is 54.3 Å². The first kappa shape index (κ1) is 13.8. The van der Waals surface area contributed by atoms with Gasteiger partial charge in [0.15, 0.2) is 6.20 Å². The van der Waals surface area contributed by atoms with Crippen LogP contribution in [0.4, 0.5) is 0 Å². The van der Waals surface area contributed by atoms with Crippen molar-refractivity contribution in [1.29, 1.82) is 0 Å². The Bertz CT molecular complexity index is 1140. The standard InChI is InChI=1S/C23H26NOSi/c1-15-11-19(24(4)14-17(15)3)18-13-21-23(12-16(18)2)26(5,6)22-10-8-7-9-20(22)25-21/h7-14H,1-6H3/q+1/i1D3. The lowest BCUT2D eigenvalue weighted by Crippen LogP contribution is -2.56. The second kappa shape index (κ2) is 5.81. The molecule has 3 aromatic rings. The molecule has 2 nitrogen and oxygen atoms in total. The van der Waals surface area contributed by atoms with E-state index in [4.69, 9.17) is 8.85 Å². The molecule has 0 spiro atoms. The number of para-hydroxylation sites is 1. The van der Waals surface area contributed by atoms with Crippen LogP contribution in [0.2, 0.25) is 13.1 Å². The summed E-state index contributed by atoms with van der Waals surface area (Å²) in [7, 11) is 0.0855. The van der Waals surface area contributed by atoms with Crippen molar-refractivity contribution in [3.8, 4) is 22.8 Å². The Morgan fingerprint density at radius 3 is 2.46 bits per heavy atom. The molecule has 132 valence electrons. The van der Waals surface area contributed by atoms with Crippen molar-refractivity contribution in [2.24, 2.45) is 7.05 Å². The summed E-state index contributed by atoms with van der Waals surface area (Å²) in [5, 5.41) is 2.59. The highest BCUT2D eigenvalue weighted by Crippen LogP contribution is 2.33. The van der Waals surface area contributed by atoms with E-state index >= 15 is 0 Å². The van der Waals surface area contributed by atoms with Gasteiger partial charge in [-0.1, -0.05) is 37.4 Å². The molecule has 0 aliphatic carbocycles. The van der Waals surface area contributed by atoms with E-state index in [2.05, 4.69) is 44.3 Å². The van der Waals surface area contributed by atoms with E-state index in [0.29, 0.717) is 5.56 Å². The first-order chi connectivity index (χ1) is 13.5. The largest absolute Gasteiger partial charge is 0.458 e. The first-order valence-corrected chi connectivity index (χ1v) is 11.9. The topological polar surface area (TPSA) is 13.1 Å². The van der Waals surface area contributed by atoms with E-state index in [0.717, 1.165) is 33.9 Å². The van der Waals surface area contributed by atoms with Crippen LogP contribution in [0, 0.1) is 20.7 Å². The van der Waals surface area contributed by atoms with Gasteiger partial charge < -0.3 is 4.74 Å². The van der Waals surface area contributed by atoms with Crippen LogP contribution in [-0.4, -0.2) is 8.07 Å². The van der Waals surface area contributed by atoms with Crippen LogP contribution in [0.25, 0.3) is 11.3 Å². The third-order valence-corrected chi connectivity index (χ3v) is 9.03. The van der Waals surface area contributed by atoms with Gasteiger partial charge >= 0.3 is 0 Å². The highest BCUT2D eigenvalue weighted by molar-refractivity contribution is 7.01. The molecular weight excluding hydrogens is 334 g/mol. The molecule has 2 heterocycles. The summed E-state index contributed by atoms with van der Waals surface area (Å²) < 4.78 is 32.0. The zero-order valence-corrected chi connectivity index (χ0v) is 17.0. The van der Waals surface area contributed by atoms with Gasteiger partial charge in [-0.25, -0.2) is 4.57 Å². The summed E-state index contributed by atoms with van der Waals surface area (Å²) in [4.78, 5) is 0. The average molecular weight is 364 g/mol. The van der Waals surface area contributed by atoms with Crippen molar-refractivity contribution >= 4 is 18.4 Å². The van der Waals surface area contributed by atoms with Gasteiger partial charge in [0, 0.05) is 15.7 Å². The van der Waals surface area contributed by atoms with E-state index in [9.17, 15) is 0 Å². The minimum atomic E-state index is -2.14. The number of nitrogens with zero attached hydrogens (tertiary/aromatic N) is 1. The second-order valence-electron chi connectivity index (χ2n) is 7.75. The number of pyridine rings is 1. The molecule has 0 fully saturated rings. The normalized spacial score (nSPS) is 16.6. The van der Waals surface area contributed by atoms with Gasteiger partial charge in [0.1, 0.15) is 26.6 Å². The summed E-state index contributed by atoms with van der Waals surface area (Å²) in [6.45, 7) is 6.50. The number of benzene rings is 2. The Morgan fingerprint density at radius 1 is 0.923 bits per heavy atom. The maximum atomic E-state index is 7.89. The van der Waals surface area contributed by atoms with Crippen LogP contribution in [-0.2, 0) is 7.05 Å². The Labute approximate surface area is 161 Å². The quantitative estimate of drug-likeness (QED) is 0.470. The van der Waals surface area contributed by atoms with E-state index in [-0.39, 0.29) is 0 Å². The summed E-state index contributed by atoms with van der Waals surface area (Å²) in [6, 6.07) is 14.4. The van der Waals surface area contributed by atoms with Crippen LogP contribution < -0.4 is 19.7 Å². The fourth-order valence-corrected chi connectivity index (χ4v) is 6.79. The summed E-state index contributed by atoms with van der Waals surface area (Å²) in [6.07, 6.45) is 1.89. The molecule has 0 saturated heterocycles. The van der Waals surface area contributed by atoms with E-state index in [1.807, 2.05) is 36.9 Å². The summed E-state index contributed by atoms with van der Waals surface area (Å²) >= 11 is 0. The van der Waals surface area contributed by atoms with Gasteiger partial charge in [0.2, 0.25) is 5.69 Å². The fourth-order valence-electron chi connectivity index (χ4n) is 3.92. The van der Waals surface area contributed by atoms with Gasteiger partial charge in [-0.15, -0.1) is 0 Å². The van der Waals surface area contributed by atoms with Crippen LogP contribution in [0.15, 0.2) is 48.7 Å². The van der Waals surface area contributed by atoms with Crippen molar-refractivity contribution < 1.29 is 13.4 Å². The molecule has 1 aliphatic heterocycles. The lowest BCUT2D eigenvalue weighted by Gasteiger charge is -2.33. The number of hydrogen-bond donors (Lipinski definition) is 0. The molecule has 0 amide bonds. The van der Waals surface area contributed by atoms with Crippen molar-refractivity contribution in [1.82, 2.24) is 0 Å². The number of rotatable bonds is 1. The van der Waals surface area contributed by atoms with Crippen molar-refractivity contribution in [2.75, 3.05) is 0 Å². The molecule has 0 N–H and O–H groups in total. The molecule has 0 atom stereocenters. The first-order valence-electron chi connectivity index (χ1n) is 10.4. The van der Waals surface area contributed by atoms with E-state index in [1.165, 1.54) is 10.4 Å². The number of aromatic nitrogens is 1. The van der Waals surface area contributed by atoms with Crippen LogP contribution in [0.5, 0.6) is 11.5 Å².